The highest BCUT2D eigenvalue weighted by atomic mass is 19.1. The van der Waals surface area contributed by atoms with Crippen LogP contribution in [-0.2, 0) is 14.3 Å². The smallest absolute Gasteiger partial charge is 0.344 e. The van der Waals surface area contributed by atoms with E-state index in [9.17, 15) is 14.0 Å². The van der Waals surface area contributed by atoms with E-state index in [0.29, 0.717) is 0 Å². The van der Waals surface area contributed by atoms with Crippen molar-refractivity contribution in [1.82, 2.24) is 5.32 Å². The van der Waals surface area contributed by atoms with Gasteiger partial charge in [-0.1, -0.05) is 6.07 Å². The molecule has 0 aromatic heterocycles. The fraction of sp³-hybridized carbons (Fsp3) is 0.600. The zero-order valence-corrected chi connectivity index (χ0v) is 14.7. The normalized spacial score (nSPS) is 31.5. The Balaban J connectivity index is 1.22. The van der Waals surface area contributed by atoms with Gasteiger partial charge >= 0.3 is 5.97 Å². The highest BCUT2D eigenvalue weighted by molar-refractivity contribution is 5.81. The van der Waals surface area contributed by atoms with Crippen molar-refractivity contribution in [3.05, 3.63) is 30.1 Å². The Hall–Kier alpha value is -2.11. The highest BCUT2D eigenvalue weighted by Gasteiger charge is 2.51. The summed E-state index contributed by atoms with van der Waals surface area (Å²) in [6, 6.07) is 5.53. The van der Waals surface area contributed by atoms with Crippen LogP contribution >= 0.6 is 0 Å². The quantitative estimate of drug-likeness (QED) is 0.792. The van der Waals surface area contributed by atoms with Gasteiger partial charge in [0.2, 0.25) is 0 Å². The molecule has 26 heavy (non-hydrogen) atoms. The molecule has 1 aromatic rings. The first-order chi connectivity index (χ1) is 12.5. The van der Waals surface area contributed by atoms with E-state index in [1.54, 1.807) is 6.07 Å². The standard InChI is InChI=1S/C20H24FNO4/c21-16-2-1-3-17(7-16)25-12-19(24)26-11-18(23)22-20-8-13-4-14(9-20)6-15(5-13)10-20/h1-3,7,13-15H,4-6,8-12H2,(H,22,23). The maximum Gasteiger partial charge on any atom is 0.344 e. The van der Waals surface area contributed by atoms with E-state index in [2.05, 4.69) is 5.32 Å². The first-order valence-corrected chi connectivity index (χ1v) is 9.35. The van der Waals surface area contributed by atoms with Crippen molar-refractivity contribution in [2.75, 3.05) is 13.2 Å². The molecule has 5 rings (SSSR count). The van der Waals surface area contributed by atoms with Crippen LogP contribution in [-0.4, -0.2) is 30.6 Å². The van der Waals surface area contributed by atoms with Crippen molar-refractivity contribution < 1.29 is 23.5 Å². The summed E-state index contributed by atoms with van der Waals surface area (Å²) in [6.07, 6.45) is 7.09. The molecule has 4 aliphatic rings. The Labute approximate surface area is 152 Å². The Morgan fingerprint density at radius 1 is 1.08 bits per heavy atom. The predicted octanol–water partition coefficient (Wildman–Crippen LogP) is 2.83. The van der Waals surface area contributed by atoms with Gasteiger partial charge in [-0.3, -0.25) is 4.79 Å². The van der Waals surface area contributed by atoms with Crippen molar-refractivity contribution in [1.29, 1.82) is 0 Å². The van der Waals surface area contributed by atoms with Crippen LogP contribution in [0.2, 0.25) is 0 Å². The van der Waals surface area contributed by atoms with Crippen LogP contribution in [0.4, 0.5) is 4.39 Å². The van der Waals surface area contributed by atoms with Crippen molar-refractivity contribution in [2.45, 2.75) is 44.1 Å². The van der Waals surface area contributed by atoms with Gasteiger partial charge in [0.25, 0.3) is 5.91 Å². The molecule has 5 nitrogen and oxygen atoms in total. The van der Waals surface area contributed by atoms with E-state index >= 15 is 0 Å². The number of rotatable bonds is 6. The number of carbonyl (C=O) groups is 2. The average Bonchev–Trinajstić information content (AvgIpc) is 2.56. The third-order valence-corrected chi connectivity index (χ3v) is 5.96. The summed E-state index contributed by atoms with van der Waals surface area (Å²) in [5, 5.41) is 3.15. The van der Waals surface area contributed by atoms with Crippen LogP contribution in [0.15, 0.2) is 24.3 Å². The lowest BCUT2D eigenvalue weighted by molar-refractivity contribution is -0.151. The number of amides is 1. The Kier molecular flexibility index (Phi) is 4.59. The molecule has 1 aromatic carbocycles. The van der Waals surface area contributed by atoms with Crippen molar-refractivity contribution in [3.63, 3.8) is 0 Å². The van der Waals surface area contributed by atoms with Gasteiger partial charge in [0.15, 0.2) is 13.2 Å². The maximum atomic E-state index is 13.1. The molecule has 4 bridgehead atoms. The maximum absolute atomic E-state index is 13.1. The van der Waals surface area contributed by atoms with Crippen LogP contribution in [0.3, 0.4) is 0 Å². The van der Waals surface area contributed by atoms with Gasteiger partial charge in [-0.05, 0) is 68.4 Å². The van der Waals surface area contributed by atoms with Gasteiger partial charge in [-0.15, -0.1) is 0 Å². The van der Waals surface area contributed by atoms with Crippen LogP contribution in [0.25, 0.3) is 0 Å². The molecular formula is C20H24FNO4. The molecule has 140 valence electrons. The SMILES string of the molecule is O=C(COC(=O)COc1cccc(F)c1)NC12CC3CC(CC(C3)C1)C2. The second-order valence-electron chi connectivity index (χ2n) is 8.15. The molecule has 0 saturated heterocycles. The minimum absolute atomic E-state index is 0.0870. The van der Waals surface area contributed by atoms with Crippen LogP contribution < -0.4 is 10.1 Å². The monoisotopic (exact) mass is 361 g/mol. The minimum Gasteiger partial charge on any atom is -0.482 e. The van der Waals surface area contributed by atoms with Crippen molar-refractivity contribution >= 4 is 11.9 Å². The molecule has 4 fully saturated rings. The van der Waals surface area contributed by atoms with Crippen molar-refractivity contribution in [2.24, 2.45) is 17.8 Å². The fourth-order valence-corrected chi connectivity index (χ4v) is 5.48. The van der Waals surface area contributed by atoms with Gasteiger partial charge in [-0.25, -0.2) is 9.18 Å². The Morgan fingerprint density at radius 3 is 2.35 bits per heavy atom. The van der Waals surface area contributed by atoms with E-state index in [0.717, 1.165) is 37.0 Å². The van der Waals surface area contributed by atoms with E-state index in [1.807, 2.05) is 0 Å². The molecule has 0 heterocycles. The summed E-state index contributed by atoms with van der Waals surface area (Å²) in [5.74, 6) is 1.14. The number of ether oxygens (including phenoxy) is 2. The molecule has 0 spiro atoms. The second-order valence-corrected chi connectivity index (χ2v) is 8.15. The van der Waals surface area contributed by atoms with Crippen LogP contribution in [0.5, 0.6) is 5.75 Å². The molecule has 0 atom stereocenters. The number of halogens is 1. The van der Waals surface area contributed by atoms with E-state index < -0.39 is 11.8 Å². The molecule has 0 unspecified atom stereocenters. The second kappa shape index (κ2) is 6.89. The van der Waals surface area contributed by atoms with E-state index in [-0.39, 0.29) is 30.4 Å². The molecular weight excluding hydrogens is 337 g/mol. The molecule has 4 saturated carbocycles. The topological polar surface area (TPSA) is 64.6 Å². The minimum atomic E-state index is -0.644. The number of hydrogen-bond donors (Lipinski definition) is 1. The summed E-state index contributed by atoms with van der Waals surface area (Å²) in [5.41, 5.74) is -0.0870. The molecule has 0 radical (unpaired) electrons. The summed E-state index contributed by atoms with van der Waals surface area (Å²) in [7, 11) is 0. The van der Waals surface area contributed by atoms with Gasteiger partial charge in [0.1, 0.15) is 11.6 Å². The van der Waals surface area contributed by atoms with E-state index in [4.69, 9.17) is 9.47 Å². The number of carbonyl (C=O) groups excluding carboxylic acids is 2. The number of benzene rings is 1. The zero-order valence-electron chi connectivity index (χ0n) is 14.7. The third kappa shape index (κ3) is 3.84. The van der Waals surface area contributed by atoms with Crippen molar-refractivity contribution in [3.8, 4) is 5.75 Å². The lowest BCUT2D eigenvalue weighted by Crippen LogP contribution is -2.60. The molecule has 6 heteroatoms. The molecule has 0 aliphatic heterocycles. The lowest BCUT2D eigenvalue weighted by atomic mass is 9.53. The first kappa shape index (κ1) is 17.3. The third-order valence-electron chi connectivity index (χ3n) is 5.96. The zero-order chi connectivity index (χ0) is 18.1. The lowest BCUT2D eigenvalue weighted by Gasteiger charge is -2.56. The van der Waals surface area contributed by atoms with Gasteiger partial charge < -0.3 is 14.8 Å². The van der Waals surface area contributed by atoms with Gasteiger partial charge in [-0.2, -0.15) is 0 Å². The van der Waals surface area contributed by atoms with Crippen LogP contribution in [0, 0.1) is 23.6 Å². The fourth-order valence-electron chi connectivity index (χ4n) is 5.48. The predicted molar refractivity (Wildman–Crippen MR) is 91.9 cm³/mol. The van der Waals surface area contributed by atoms with Gasteiger partial charge in [0.05, 0.1) is 0 Å². The number of nitrogens with one attached hydrogen (secondary N) is 1. The summed E-state index contributed by atoms with van der Waals surface area (Å²) >= 11 is 0. The van der Waals surface area contributed by atoms with E-state index in [1.165, 1.54) is 37.5 Å². The molecule has 1 amide bonds. The largest absolute Gasteiger partial charge is 0.482 e. The summed E-state index contributed by atoms with van der Waals surface area (Å²) in [4.78, 5) is 24.0. The average molecular weight is 361 g/mol. The summed E-state index contributed by atoms with van der Waals surface area (Å²) < 4.78 is 23.2. The highest BCUT2D eigenvalue weighted by Crippen LogP contribution is 2.55. The Morgan fingerprint density at radius 2 is 1.73 bits per heavy atom. The summed E-state index contributed by atoms with van der Waals surface area (Å²) in [6.45, 7) is -0.652. The number of esters is 1. The molecule has 1 N–H and O–H groups in total. The molecule has 4 aliphatic carbocycles. The Bertz CT molecular complexity index is 670. The van der Waals surface area contributed by atoms with Gasteiger partial charge in [0, 0.05) is 11.6 Å². The number of hydrogen-bond acceptors (Lipinski definition) is 4. The van der Waals surface area contributed by atoms with Crippen LogP contribution in [0.1, 0.15) is 38.5 Å². The first-order valence-electron chi connectivity index (χ1n) is 9.35.